The maximum atomic E-state index is 2.57. The van der Waals surface area contributed by atoms with E-state index in [0.29, 0.717) is 0 Å². The Morgan fingerprint density at radius 2 is 1.03 bits per heavy atom. The van der Waals surface area contributed by atoms with Gasteiger partial charge in [0.05, 0.1) is 10.9 Å². The van der Waals surface area contributed by atoms with E-state index in [-0.39, 0.29) is 5.25 Å². The van der Waals surface area contributed by atoms with Crippen LogP contribution in [0.2, 0.25) is 0 Å². The minimum absolute atomic E-state index is 0.0241. The van der Waals surface area contributed by atoms with E-state index in [1.807, 2.05) is 11.8 Å². The molecule has 10 rings (SSSR count). The Kier molecular flexibility index (Phi) is 9.51. The lowest BCUT2D eigenvalue weighted by molar-refractivity contribution is 1.13. The highest BCUT2D eigenvalue weighted by Crippen LogP contribution is 2.52. The third-order valence-electron chi connectivity index (χ3n) is 12.3. The van der Waals surface area contributed by atoms with Gasteiger partial charge in [-0.3, -0.25) is 0 Å². The van der Waals surface area contributed by atoms with Gasteiger partial charge in [-0.2, -0.15) is 11.8 Å². The molecule has 0 amide bonds. The molecule has 1 aliphatic heterocycles. The Morgan fingerprint density at radius 1 is 0.407 bits per heavy atom. The second-order valence-corrected chi connectivity index (χ2v) is 16.7. The zero-order valence-corrected chi connectivity index (χ0v) is 34.7. The van der Waals surface area contributed by atoms with Crippen LogP contribution in [0.5, 0.6) is 0 Å². The van der Waals surface area contributed by atoms with Gasteiger partial charge in [-0.1, -0.05) is 164 Å². The molecule has 0 fully saturated rings. The third kappa shape index (κ3) is 6.45. The van der Waals surface area contributed by atoms with Crippen LogP contribution in [-0.4, -0.2) is 6.26 Å². The van der Waals surface area contributed by atoms with Crippen molar-refractivity contribution in [3.05, 3.63) is 222 Å². The van der Waals surface area contributed by atoms with E-state index in [2.05, 4.69) is 226 Å². The first kappa shape index (κ1) is 36.7. The summed E-state index contributed by atoms with van der Waals surface area (Å²) in [5.74, 6) is 0. The third-order valence-corrected chi connectivity index (χ3v) is 13.3. The second-order valence-electron chi connectivity index (χ2n) is 15.7. The van der Waals surface area contributed by atoms with Gasteiger partial charge < -0.3 is 4.90 Å². The van der Waals surface area contributed by atoms with Crippen LogP contribution in [0, 0.1) is 20.8 Å². The molecule has 0 aromatic heterocycles. The lowest BCUT2D eigenvalue weighted by Crippen LogP contribution is -2.16. The summed E-state index contributed by atoms with van der Waals surface area (Å²) in [5, 5.41) is 2.55. The Morgan fingerprint density at radius 3 is 1.81 bits per heavy atom. The van der Waals surface area contributed by atoms with Crippen molar-refractivity contribution in [2.45, 2.75) is 26.0 Å². The van der Waals surface area contributed by atoms with E-state index >= 15 is 0 Å². The van der Waals surface area contributed by atoms with Gasteiger partial charge in [0.15, 0.2) is 0 Å². The van der Waals surface area contributed by atoms with Gasteiger partial charge in [0.1, 0.15) is 0 Å². The quantitative estimate of drug-likeness (QED) is 0.171. The monoisotopic (exact) mass is 775 g/mol. The van der Waals surface area contributed by atoms with Crippen molar-refractivity contribution < 1.29 is 0 Å². The molecule has 2 heteroatoms. The molecule has 1 atom stereocenters. The molecule has 0 saturated carbocycles. The van der Waals surface area contributed by atoms with Crippen molar-refractivity contribution in [3.63, 3.8) is 0 Å². The maximum absolute atomic E-state index is 2.57. The Labute approximate surface area is 352 Å². The minimum Gasteiger partial charge on any atom is -0.310 e. The normalized spacial score (nSPS) is 13.3. The van der Waals surface area contributed by atoms with Crippen molar-refractivity contribution in [1.29, 1.82) is 0 Å². The van der Waals surface area contributed by atoms with Crippen molar-refractivity contribution >= 4 is 39.6 Å². The van der Waals surface area contributed by atoms with Crippen LogP contribution >= 0.6 is 11.8 Å². The van der Waals surface area contributed by atoms with Gasteiger partial charge in [-0.15, -0.1) is 0 Å². The van der Waals surface area contributed by atoms with Crippen LogP contribution in [0.1, 0.15) is 33.1 Å². The summed E-state index contributed by atoms with van der Waals surface area (Å²) >= 11 is 1.91. The maximum Gasteiger partial charge on any atom is 0.0570 e. The molecule has 0 radical (unpaired) electrons. The standard InChI is InChI=1S/C57H45NS/c1-37-17-11-13-23-47(37)49-26-16-28-54(39(49)3)58-46-34-44(41-20-9-6-10-21-41)33-45(35-46)48-25-15-27-50(38(48)2)56-51-24-14-12-22-42(51)29-32-53(56)57(59-4)52-31-30-43(36-55(52)58)40-18-7-5-8-19-40/h5-36,57H,1-4H3. The van der Waals surface area contributed by atoms with Crippen molar-refractivity contribution in [2.75, 3.05) is 11.2 Å². The summed E-state index contributed by atoms with van der Waals surface area (Å²) < 4.78 is 0. The average molecular weight is 776 g/mol. The molecule has 9 aromatic rings. The average Bonchev–Trinajstić information content (AvgIpc) is 3.28. The first-order valence-corrected chi connectivity index (χ1v) is 21.8. The molecular weight excluding hydrogens is 731 g/mol. The van der Waals surface area contributed by atoms with Crippen LogP contribution < -0.4 is 4.90 Å². The lowest BCUT2D eigenvalue weighted by Gasteiger charge is -2.34. The SMILES string of the molecule is CSC1c2ccc(-c3ccccc3)cc2N(c2cccc(-c3ccccc3C)c2C)c2cc(-c3ccccc3)cc(c2)-c2cccc(c2C)-c2c1ccc1ccccc21. The lowest BCUT2D eigenvalue weighted by atomic mass is 9.84. The largest absolute Gasteiger partial charge is 0.310 e. The number of fused-ring (bicyclic) bond motifs is 10. The molecule has 9 aromatic carbocycles. The van der Waals surface area contributed by atoms with Gasteiger partial charge in [0.25, 0.3) is 0 Å². The Bertz CT molecular complexity index is 3020. The minimum atomic E-state index is 0.0241. The fraction of sp³-hybridized carbons (Fsp3) is 0.0877. The molecule has 59 heavy (non-hydrogen) atoms. The van der Waals surface area contributed by atoms with Crippen molar-refractivity contribution in [2.24, 2.45) is 0 Å². The van der Waals surface area contributed by atoms with Gasteiger partial charge in [0, 0.05) is 11.4 Å². The van der Waals surface area contributed by atoms with Crippen molar-refractivity contribution in [3.8, 4) is 55.6 Å². The number of anilines is 3. The molecule has 284 valence electrons. The van der Waals surface area contributed by atoms with E-state index in [0.717, 1.165) is 11.4 Å². The molecule has 1 unspecified atom stereocenters. The first-order chi connectivity index (χ1) is 29.0. The fourth-order valence-corrected chi connectivity index (χ4v) is 10.3. The van der Waals surface area contributed by atoms with E-state index in [9.17, 15) is 0 Å². The van der Waals surface area contributed by atoms with E-state index in [1.165, 1.54) is 99.9 Å². The van der Waals surface area contributed by atoms with Gasteiger partial charge in [0.2, 0.25) is 0 Å². The molecule has 1 aliphatic rings. The van der Waals surface area contributed by atoms with Crippen LogP contribution in [-0.2, 0) is 0 Å². The molecule has 0 aliphatic carbocycles. The number of hydrogen-bond donors (Lipinski definition) is 0. The first-order valence-electron chi connectivity index (χ1n) is 20.5. The molecule has 0 N–H and O–H groups in total. The van der Waals surface area contributed by atoms with E-state index < -0.39 is 0 Å². The second kappa shape index (κ2) is 15.3. The van der Waals surface area contributed by atoms with Gasteiger partial charge in [-0.05, 0) is 152 Å². The van der Waals surface area contributed by atoms with Crippen LogP contribution in [0.4, 0.5) is 17.1 Å². The summed E-state index contributed by atoms with van der Waals surface area (Å²) in [5.41, 5.74) is 22.1. The van der Waals surface area contributed by atoms with Crippen LogP contribution in [0.25, 0.3) is 66.4 Å². The van der Waals surface area contributed by atoms with Crippen molar-refractivity contribution in [1.82, 2.24) is 0 Å². The van der Waals surface area contributed by atoms with Gasteiger partial charge in [-0.25, -0.2) is 0 Å². The summed E-state index contributed by atoms with van der Waals surface area (Å²) in [4.78, 5) is 2.57. The summed E-state index contributed by atoms with van der Waals surface area (Å²) in [6.07, 6.45) is 2.27. The highest BCUT2D eigenvalue weighted by Gasteiger charge is 2.29. The number of nitrogens with zero attached hydrogens (tertiary/aromatic N) is 1. The van der Waals surface area contributed by atoms with E-state index in [4.69, 9.17) is 0 Å². The summed E-state index contributed by atoms with van der Waals surface area (Å²) in [6, 6.07) is 72.2. The number of rotatable bonds is 5. The zero-order valence-electron chi connectivity index (χ0n) is 33.9. The molecule has 1 nitrogen and oxygen atoms in total. The number of benzene rings is 9. The molecule has 1 heterocycles. The predicted molar refractivity (Wildman–Crippen MR) is 255 cm³/mol. The Balaban J connectivity index is 1.38. The topological polar surface area (TPSA) is 3.24 Å². The van der Waals surface area contributed by atoms with Crippen LogP contribution in [0.3, 0.4) is 0 Å². The van der Waals surface area contributed by atoms with Crippen LogP contribution in [0.15, 0.2) is 194 Å². The van der Waals surface area contributed by atoms with E-state index in [1.54, 1.807) is 0 Å². The number of aryl methyl sites for hydroxylation is 1. The highest BCUT2D eigenvalue weighted by atomic mass is 32.2. The molecular formula is C57H45NS. The molecule has 4 bridgehead atoms. The number of thioether (sulfide) groups is 1. The fourth-order valence-electron chi connectivity index (χ4n) is 9.35. The molecule has 0 spiro atoms. The number of hydrogen-bond acceptors (Lipinski definition) is 2. The predicted octanol–water partition coefficient (Wildman–Crippen LogP) is 16.3. The summed E-state index contributed by atoms with van der Waals surface area (Å²) in [7, 11) is 0. The summed E-state index contributed by atoms with van der Waals surface area (Å²) in [6.45, 7) is 6.84. The Hall–Kier alpha value is -6.61. The molecule has 0 saturated heterocycles. The smallest absolute Gasteiger partial charge is 0.0570 e. The zero-order chi connectivity index (χ0) is 40.0. The van der Waals surface area contributed by atoms with Gasteiger partial charge >= 0.3 is 0 Å². The highest BCUT2D eigenvalue weighted by molar-refractivity contribution is 7.99.